The van der Waals surface area contributed by atoms with Gasteiger partial charge in [-0.25, -0.2) is 18.2 Å². The molecule has 0 aliphatic carbocycles. The van der Waals surface area contributed by atoms with E-state index in [-0.39, 0.29) is 17.3 Å². The van der Waals surface area contributed by atoms with Gasteiger partial charge in [-0.15, -0.1) is 0 Å². The number of rotatable bonds is 3. The molecule has 1 aromatic heterocycles. The van der Waals surface area contributed by atoms with Crippen LogP contribution in [0.3, 0.4) is 0 Å². The fraction of sp³-hybridized carbons (Fsp3) is 0.154. The highest BCUT2D eigenvalue weighted by Crippen LogP contribution is 2.23. The summed E-state index contributed by atoms with van der Waals surface area (Å²) in [4.78, 5) is 3.90. The predicted molar refractivity (Wildman–Crippen MR) is 67.6 cm³/mol. The number of pyridine rings is 1. The Kier molecular flexibility index (Phi) is 3.95. The van der Waals surface area contributed by atoms with Gasteiger partial charge in [-0.05, 0) is 36.2 Å². The van der Waals surface area contributed by atoms with Gasteiger partial charge in [0.15, 0.2) is 22.6 Å². The van der Waals surface area contributed by atoms with E-state index in [4.69, 9.17) is 11.6 Å². The first-order valence-corrected chi connectivity index (χ1v) is 5.85. The maximum Gasteiger partial charge on any atom is 0.194 e. The van der Waals surface area contributed by atoms with E-state index < -0.39 is 17.5 Å². The molecule has 1 aromatic carbocycles. The third-order valence-electron chi connectivity index (χ3n) is 2.63. The van der Waals surface area contributed by atoms with Crippen LogP contribution in [0.2, 0.25) is 5.15 Å². The molecule has 1 N–H and O–H groups in total. The third kappa shape index (κ3) is 2.98. The van der Waals surface area contributed by atoms with Crippen molar-refractivity contribution in [2.24, 2.45) is 0 Å². The molecular weight excluding hydrogens is 277 g/mol. The fourth-order valence-electron chi connectivity index (χ4n) is 1.64. The molecule has 0 spiro atoms. The smallest absolute Gasteiger partial charge is 0.194 e. The number of nitrogens with one attached hydrogen (secondary N) is 1. The fourth-order valence-corrected chi connectivity index (χ4v) is 1.91. The summed E-state index contributed by atoms with van der Waals surface area (Å²) in [5.41, 5.74) is 1.70. The van der Waals surface area contributed by atoms with E-state index in [2.05, 4.69) is 10.3 Å². The Bertz CT molecular complexity index is 574. The second kappa shape index (κ2) is 5.48. The van der Waals surface area contributed by atoms with Gasteiger partial charge in [0.1, 0.15) is 0 Å². The number of hydrogen-bond acceptors (Lipinski definition) is 2. The van der Waals surface area contributed by atoms with Crippen LogP contribution in [0.4, 0.5) is 18.9 Å². The summed E-state index contributed by atoms with van der Waals surface area (Å²) < 4.78 is 38.9. The lowest BCUT2D eigenvalue weighted by Gasteiger charge is -2.11. The average Bonchev–Trinajstić information content (AvgIpc) is 2.35. The van der Waals surface area contributed by atoms with E-state index >= 15 is 0 Å². The Hall–Kier alpha value is -1.75. The van der Waals surface area contributed by atoms with Crippen LogP contribution in [-0.2, 0) is 6.54 Å². The van der Waals surface area contributed by atoms with Gasteiger partial charge in [-0.3, -0.25) is 0 Å². The van der Waals surface area contributed by atoms with Crippen molar-refractivity contribution >= 4 is 17.3 Å². The van der Waals surface area contributed by atoms with E-state index in [9.17, 15) is 13.2 Å². The summed E-state index contributed by atoms with van der Waals surface area (Å²) in [5.74, 6) is -3.91. The zero-order chi connectivity index (χ0) is 14.0. The maximum absolute atomic E-state index is 13.0. The van der Waals surface area contributed by atoms with Crippen molar-refractivity contribution in [1.29, 1.82) is 0 Å². The van der Waals surface area contributed by atoms with Crippen molar-refractivity contribution in [2.75, 3.05) is 5.32 Å². The Balaban J connectivity index is 2.19. The highest BCUT2D eigenvalue weighted by Gasteiger charge is 2.11. The van der Waals surface area contributed by atoms with E-state index in [0.717, 1.165) is 17.7 Å². The summed E-state index contributed by atoms with van der Waals surface area (Å²) >= 11 is 5.90. The molecular formula is C13H10ClF3N2. The first kappa shape index (κ1) is 13.7. The molecule has 0 bridgehead atoms. The molecule has 0 unspecified atom stereocenters. The number of aryl methyl sites for hydroxylation is 1. The number of anilines is 1. The van der Waals surface area contributed by atoms with Crippen molar-refractivity contribution < 1.29 is 13.2 Å². The summed E-state index contributed by atoms with van der Waals surface area (Å²) in [6.07, 6.45) is 1.56. The lowest BCUT2D eigenvalue weighted by Crippen LogP contribution is -2.04. The molecule has 2 aromatic rings. The van der Waals surface area contributed by atoms with E-state index in [1.165, 1.54) is 0 Å². The van der Waals surface area contributed by atoms with E-state index in [1.807, 2.05) is 6.92 Å². The van der Waals surface area contributed by atoms with Crippen LogP contribution in [0, 0.1) is 24.4 Å². The molecule has 0 saturated heterocycles. The topological polar surface area (TPSA) is 24.9 Å². The Labute approximate surface area is 113 Å². The van der Waals surface area contributed by atoms with Crippen molar-refractivity contribution in [2.45, 2.75) is 13.5 Å². The Morgan fingerprint density at radius 1 is 1.21 bits per heavy atom. The Morgan fingerprint density at radius 2 is 1.84 bits per heavy atom. The van der Waals surface area contributed by atoms with Gasteiger partial charge in [0.05, 0.1) is 5.69 Å². The Morgan fingerprint density at radius 3 is 2.42 bits per heavy atom. The molecule has 2 rings (SSSR count). The van der Waals surface area contributed by atoms with Gasteiger partial charge >= 0.3 is 0 Å². The lowest BCUT2D eigenvalue weighted by atomic mass is 10.2. The van der Waals surface area contributed by atoms with Gasteiger partial charge in [-0.2, -0.15) is 0 Å². The molecule has 100 valence electrons. The van der Waals surface area contributed by atoms with Crippen molar-refractivity contribution in [1.82, 2.24) is 4.98 Å². The van der Waals surface area contributed by atoms with Crippen LogP contribution >= 0.6 is 11.6 Å². The molecule has 0 aliphatic heterocycles. The highest BCUT2D eigenvalue weighted by atomic mass is 35.5. The van der Waals surface area contributed by atoms with E-state index in [1.54, 1.807) is 12.3 Å². The molecule has 0 fully saturated rings. The number of hydrogen-bond donors (Lipinski definition) is 1. The van der Waals surface area contributed by atoms with Crippen molar-refractivity contribution in [3.05, 3.63) is 58.1 Å². The first-order chi connectivity index (χ1) is 8.99. The minimum Gasteiger partial charge on any atom is -0.378 e. The minimum absolute atomic E-state index is 0.111. The maximum atomic E-state index is 13.0. The second-order valence-electron chi connectivity index (χ2n) is 4.02. The number of aromatic nitrogens is 1. The molecule has 2 nitrogen and oxygen atoms in total. The van der Waals surface area contributed by atoms with Crippen LogP contribution in [0.1, 0.15) is 11.1 Å². The largest absolute Gasteiger partial charge is 0.378 e. The van der Waals surface area contributed by atoms with Crippen LogP contribution in [-0.4, -0.2) is 4.98 Å². The van der Waals surface area contributed by atoms with Gasteiger partial charge in [0, 0.05) is 12.7 Å². The monoisotopic (exact) mass is 286 g/mol. The number of benzene rings is 1. The van der Waals surface area contributed by atoms with Gasteiger partial charge in [0.25, 0.3) is 0 Å². The summed E-state index contributed by atoms with van der Waals surface area (Å²) in [7, 11) is 0. The number of nitrogens with zero attached hydrogens (tertiary/aromatic N) is 1. The van der Waals surface area contributed by atoms with Crippen molar-refractivity contribution in [3.8, 4) is 0 Å². The normalized spacial score (nSPS) is 10.6. The third-order valence-corrected chi connectivity index (χ3v) is 2.91. The van der Waals surface area contributed by atoms with E-state index in [0.29, 0.717) is 5.69 Å². The van der Waals surface area contributed by atoms with Crippen LogP contribution in [0.15, 0.2) is 24.4 Å². The second-order valence-corrected chi connectivity index (χ2v) is 4.38. The quantitative estimate of drug-likeness (QED) is 0.679. The van der Waals surface area contributed by atoms with Crippen LogP contribution < -0.4 is 5.32 Å². The molecule has 0 atom stereocenters. The van der Waals surface area contributed by atoms with Crippen LogP contribution in [0.5, 0.6) is 0 Å². The zero-order valence-corrected chi connectivity index (χ0v) is 10.7. The molecule has 0 aliphatic rings. The van der Waals surface area contributed by atoms with Gasteiger partial charge in [-0.1, -0.05) is 11.6 Å². The molecule has 0 amide bonds. The summed E-state index contributed by atoms with van der Waals surface area (Å²) in [5, 5.41) is 3.19. The number of halogens is 4. The predicted octanol–water partition coefficient (Wildman–Crippen LogP) is 4.07. The molecule has 0 radical (unpaired) electrons. The van der Waals surface area contributed by atoms with Gasteiger partial charge < -0.3 is 5.32 Å². The highest BCUT2D eigenvalue weighted by molar-refractivity contribution is 6.32. The van der Waals surface area contributed by atoms with Crippen molar-refractivity contribution in [3.63, 3.8) is 0 Å². The van der Waals surface area contributed by atoms with Crippen LogP contribution in [0.25, 0.3) is 0 Å². The summed E-state index contributed by atoms with van der Waals surface area (Å²) in [6.45, 7) is 1.93. The molecule has 6 heteroatoms. The minimum atomic E-state index is -1.47. The standard InChI is InChI=1S/C13H10ClF3N2/c1-7-2-3-18-13(14)12(7)19-6-8-4-9(15)11(17)10(16)5-8/h2-5,19H,6H2,1H3. The zero-order valence-electron chi connectivity index (χ0n) is 9.98. The molecule has 19 heavy (non-hydrogen) atoms. The summed E-state index contributed by atoms with van der Waals surface area (Å²) in [6, 6.07) is 3.62. The SMILES string of the molecule is Cc1ccnc(Cl)c1NCc1cc(F)c(F)c(F)c1. The van der Waals surface area contributed by atoms with Gasteiger partial charge in [0.2, 0.25) is 0 Å². The first-order valence-electron chi connectivity index (χ1n) is 5.47. The molecule has 0 saturated carbocycles. The molecule has 1 heterocycles. The lowest BCUT2D eigenvalue weighted by molar-refractivity contribution is 0.445. The average molecular weight is 287 g/mol.